The van der Waals surface area contributed by atoms with E-state index in [1.165, 1.54) is 0 Å². The molecule has 19 heavy (non-hydrogen) atoms. The SMILES string of the molecule is CCCc1nc(N)cc(N2CC(OC)C(OC)C2)n1. The molecule has 6 nitrogen and oxygen atoms in total. The predicted molar refractivity (Wildman–Crippen MR) is 74.2 cm³/mol. The van der Waals surface area contributed by atoms with Gasteiger partial charge in [0.1, 0.15) is 29.7 Å². The second kappa shape index (κ2) is 6.16. The van der Waals surface area contributed by atoms with E-state index in [0.29, 0.717) is 5.82 Å². The van der Waals surface area contributed by atoms with E-state index in [9.17, 15) is 0 Å². The summed E-state index contributed by atoms with van der Waals surface area (Å²) < 4.78 is 10.9. The van der Waals surface area contributed by atoms with Gasteiger partial charge in [0, 0.05) is 39.8 Å². The van der Waals surface area contributed by atoms with Crippen molar-refractivity contribution < 1.29 is 9.47 Å². The average molecular weight is 266 g/mol. The lowest BCUT2D eigenvalue weighted by atomic mass is 10.3. The molecule has 0 aliphatic carbocycles. The summed E-state index contributed by atoms with van der Waals surface area (Å²) in [4.78, 5) is 11.0. The van der Waals surface area contributed by atoms with Crippen LogP contribution in [0, 0.1) is 0 Å². The van der Waals surface area contributed by atoms with Gasteiger partial charge in [0.15, 0.2) is 0 Å². The van der Waals surface area contributed by atoms with E-state index in [1.807, 2.05) is 6.07 Å². The number of nitrogen functional groups attached to an aromatic ring is 1. The summed E-state index contributed by atoms with van der Waals surface area (Å²) >= 11 is 0. The van der Waals surface area contributed by atoms with E-state index >= 15 is 0 Å². The zero-order valence-corrected chi connectivity index (χ0v) is 11.8. The van der Waals surface area contributed by atoms with Crippen LogP contribution in [0.2, 0.25) is 0 Å². The Labute approximate surface area is 113 Å². The van der Waals surface area contributed by atoms with Crippen molar-refractivity contribution in [2.24, 2.45) is 0 Å². The van der Waals surface area contributed by atoms with Gasteiger partial charge >= 0.3 is 0 Å². The third-order valence-electron chi connectivity index (χ3n) is 3.40. The van der Waals surface area contributed by atoms with Crippen LogP contribution < -0.4 is 10.6 Å². The molecule has 1 aliphatic heterocycles. The van der Waals surface area contributed by atoms with Gasteiger partial charge in [-0.05, 0) is 6.42 Å². The first-order valence-electron chi connectivity index (χ1n) is 6.61. The summed E-state index contributed by atoms with van der Waals surface area (Å²) in [5.41, 5.74) is 5.85. The zero-order valence-electron chi connectivity index (χ0n) is 11.8. The highest BCUT2D eigenvalue weighted by Crippen LogP contribution is 2.23. The monoisotopic (exact) mass is 266 g/mol. The minimum atomic E-state index is 0.0656. The summed E-state index contributed by atoms with van der Waals surface area (Å²) in [6, 6.07) is 1.81. The van der Waals surface area contributed by atoms with Gasteiger partial charge in [-0.15, -0.1) is 0 Å². The molecule has 0 radical (unpaired) electrons. The number of nitrogens with zero attached hydrogens (tertiary/aromatic N) is 3. The first kappa shape index (κ1) is 14.0. The Bertz CT molecular complexity index is 415. The molecule has 6 heteroatoms. The molecular formula is C13H22N4O2. The Morgan fingerprint density at radius 2 is 1.89 bits per heavy atom. The quantitative estimate of drug-likeness (QED) is 0.852. The zero-order chi connectivity index (χ0) is 13.8. The number of ether oxygens (including phenoxy) is 2. The van der Waals surface area contributed by atoms with Crippen molar-refractivity contribution in [1.29, 1.82) is 0 Å². The summed E-state index contributed by atoms with van der Waals surface area (Å²) in [5, 5.41) is 0. The molecule has 0 amide bonds. The van der Waals surface area contributed by atoms with E-state index in [0.717, 1.165) is 37.6 Å². The van der Waals surface area contributed by atoms with E-state index in [-0.39, 0.29) is 12.2 Å². The Hall–Kier alpha value is -1.40. The maximum atomic E-state index is 5.85. The van der Waals surface area contributed by atoms with Gasteiger partial charge in [-0.25, -0.2) is 9.97 Å². The van der Waals surface area contributed by atoms with E-state index in [2.05, 4.69) is 21.8 Å². The van der Waals surface area contributed by atoms with Crippen molar-refractivity contribution in [3.05, 3.63) is 11.9 Å². The minimum absolute atomic E-state index is 0.0656. The largest absolute Gasteiger partial charge is 0.384 e. The van der Waals surface area contributed by atoms with E-state index < -0.39 is 0 Å². The number of hydrogen-bond donors (Lipinski definition) is 1. The van der Waals surface area contributed by atoms with Gasteiger partial charge in [0.2, 0.25) is 0 Å². The highest BCUT2D eigenvalue weighted by molar-refractivity contribution is 5.48. The van der Waals surface area contributed by atoms with Crippen molar-refractivity contribution in [1.82, 2.24) is 9.97 Å². The molecule has 1 aromatic rings. The van der Waals surface area contributed by atoms with Gasteiger partial charge in [0.05, 0.1) is 0 Å². The van der Waals surface area contributed by atoms with E-state index in [4.69, 9.17) is 15.2 Å². The Balaban J connectivity index is 2.18. The topological polar surface area (TPSA) is 73.5 Å². The van der Waals surface area contributed by atoms with Crippen LogP contribution in [0.4, 0.5) is 11.6 Å². The van der Waals surface area contributed by atoms with Crippen LogP contribution in [-0.2, 0) is 15.9 Å². The highest BCUT2D eigenvalue weighted by atomic mass is 16.5. The number of aryl methyl sites for hydroxylation is 1. The molecule has 2 unspecified atom stereocenters. The molecule has 1 aromatic heterocycles. The molecule has 1 fully saturated rings. The summed E-state index contributed by atoms with van der Waals surface area (Å²) in [7, 11) is 3.41. The Morgan fingerprint density at radius 1 is 1.26 bits per heavy atom. The lowest BCUT2D eigenvalue weighted by Gasteiger charge is -2.17. The van der Waals surface area contributed by atoms with Crippen molar-refractivity contribution in [3.63, 3.8) is 0 Å². The third kappa shape index (κ3) is 3.13. The van der Waals surface area contributed by atoms with Crippen LogP contribution in [0.5, 0.6) is 0 Å². The van der Waals surface area contributed by atoms with Crippen LogP contribution in [0.25, 0.3) is 0 Å². The minimum Gasteiger partial charge on any atom is -0.384 e. The summed E-state index contributed by atoms with van der Waals surface area (Å²) in [6.45, 7) is 3.62. The van der Waals surface area contributed by atoms with Gasteiger partial charge < -0.3 is 20.1 Å². The molecule has 2 N–H and O–H groups in total. The molecule has 106 valence electrons. The maximum absolute atomic E-state index is 5.85. The second-order valence-corrected chi connectivity index (χ2v) is 4.77. The number of hydrogen-bond acceptors (Lipinski definition) is 6. The fraction of sp³-hybridized carbons (Fsp3) is 0.692. The lowest BCUT2D eigenvalue weighted by Crippen LogP contribution is -2.27. The molecule has 2 atom stereocenters. The summed E-state index contributed by atoms with van der Waals surface area (Å²) in [6.07, 6.45) is 1.98. The average Bonchev–Trinajstić information content (AvgIpc) is 2.81. The van der Waals surface area contributed by atoms with Gasteiger partial charge in [-0.3, -0.25) is 0 Å². The molecule has 2 rings (SSSR count). The fourth-order valence-electron chi connectivity index (χ4n) is 2.38. The number of anilines is 2. The summed E-state index contributed by atoms with van der Waals surface area (Å²) in [5.74, 6) is 2.17. The van der Waals surface area contributed by atoms with Gasteiger partial charge in [-0.1, -0.05) is 6.92 Å². The molecule has 1 aliphatic rings. The van der Waals surface area contributed by atoms with Crippen LogP contribution in [-0.4, -0.2) is 49.5 Å². The molecule has 0 saturated carbocycles. The second-order valence-electron chi connectivity index (χ2n) is 4.77. The smallest absolute Gasteiger partial charge is 0.134 e. The van der Waals surface area contributed by atoms with Crippen molar-refractivity contribution in [3.8, 4) is 0 Å². The molecule has 0 spiro atoms. The molecule has 1 saturated heterocycles. The van der Waals surface area contributed by atoms with Gasteiger partial charge in [-0.2, -0.15) is 0 Å². The molecular weight excluding hydrogens is 244 g/mol. The maximum Gasteiger partial charge on any atom is 0.134 e. The third-order valence-corrected chi connectivity index (χ3v) is 3.40. The van der Waals surface area contributed by atoms with Crippen LogP contribution in [0.3, 0.4) is 0 Å². The first-order chi connectivity index (χ1) is 9.17. The first-order valence-corrected chi connectivity index (χ1v) is 6.61. The normalized spacial score (nSPS) is 23.0. The number of methoxy groups -OCH3 is 2. The van der Waals surface area contributed by atoms with Crippen LogP contribution in [0.1, 0.15) is 19.2 Å². The fourth-order valence-corrected chi connectivity index (χ4v) is 2.38. The van der Waals surface area contributed by atoms with Crippen molar-refractivity contribution >= 4 is 11.6 Å². The molecule has 0 aromatic carbocycles. The van der Waals surface area contributed by atoms with E-state index in [1.54, 1.807) is 14.2 Å². The predicted octanol–water partition coefficient (Wildman–Crippen LogP) is 0.861. The van der Waals surface area contributed by atoms with Gasteiger partial charge in [0.25, 0.3) is 0 Å². The van der Waals surface area contributed by atoms with Crippen LogP contribution >= 0.6 is 0 Å². The molecule has 2 heterocycles. The van der Waals surface area contributed by atoms with Crippen molar-refractivity contribution in [2.45, 2.75) is 32.0 Å². The Kier molecular flexibility index (Phi) is 4.55. The lowest BCUT2D eigenvalue weighted by molar-refractivity contribution is -0.00461. The number of aromatic nitrogens is 2. The highest BCUT2D eigenvalue weighted by Gasteiger charge is 2.33. The number of nitrogens with two attached hydrogens (primary N) is 1. The van der Waals surface area contributed by atoms with Crippen molar-refractivity contribution in [2.75, 3.05) is 37.9 Å². The molecule has 0 bridgehead atoms. The van der Waals surface area contributed by atoms with Crippen LogP contribution in [0.15, 0.2) is 6.07 Å². The Morgan fingerprint density at radius 3 is 2.42 bits per heavy atom. The number of rotatable bonds is 5. The standard InChI is InChI=1S/C13H22N4O2/c1-4-5-12-15-11(14)6-13(16-12)17-7-9(18-2)10(8-17)19-3/h6,9-10H,4-5,7-8H2,1-3H3,(H2,14,15,16).